The SMILES string of the molecule is CO[C@]1(C)C[C@H](OCc2ccccc2)[C@H]2CO[C@@H]1O2. The molecule has 4 atom stereocenters. The number of rotatable bonds is 4. The molecule has 1 aromatic carbocycles. The number of benzene rings is 1. The Morgan fingerprint density at radius 3 is 2.84 bits per heavy atom. The zero-order valence-corrected chi connectivity index (χ0v) is 11.4. The summed E-state index contributed by atoms with van der Waals surface area (Å²) in [6.45, 7) is 3.19. The van der Waals surface area contributed by atoms with Crippen LogP contribution in [0.4, 0.5) is 0 Å². The minimum atomic E-state index is -0.422. The van der Waals surface area contributed by atoms with Gasteiger partial charge < -0.3 is 18.9 Å². The molecular formula is C15H20O4. The molecule has 2 heterocycles. The quantitative estimate of drug-likeness (QED) is 0.834. The van der Waals surface area contributed by atoms with Crippen molar-refractivity contribution in [3.05, 3.63) is 35.9 Å². The smallest absolute Gasteiger partial charge is 0.187 e. The Labute approximate surface area is 113 Å². The first-order chi connectivity index (χ1) is 9.21. The van der Waals surface area contributed by atoms with Crippen LogP contribution in [0.5, 0.6) is 0 Å². The third-order valence-electron chi connectivity index (χ3n) is 4.00. The Morgan fingerprint density at radius 2 is 2.11 bits per heavy atom. The van der Waals surface area contributed by atoms with Crippen molar-refractivity contribution in [2.45, 2.75) is 44.1 Å². The van der Waals surface area contributed by atoms with Gasteiger partial charge in [-0.05, 0) is 12.5 Å². The predicted molar refractivity (Wildman–Crippen MR) is 69.7 cm³/mol. The van der Waals surface area contributed by atoms with Gasteiger partial charge in [-0.15, -0.1) is 0 Å². The van der Waals surface area contributed by atoms with E-state index in [1.807, 2.05) is 25.1 Å². The van der Waals surface area contributed by atoms with E-state index < -0.39 is 5.60 Å². The fraction of sp³-hybridized carbons (Fsp3) is 0.600. The molecule has 2 fully saturated rings. The molecule has 4 heteroatoms. The molecule has 3 rings (SSSR count). The van der Waals surface area contributed by atoms with E-state index in [0.29, 0.717) is 13.2 Å². The fourth-order valence-corrected chi connectivity index (χ4v) is 2.69. The van der Waals surface area contributed by atoms with E-state index in [1.165, 1.54) is 5.56 Å². The molecule has 2 saturated heterocycles. The summed E-state index contributed by atoms with van der Waals surface area (Å²) in [6.07, 6.45) is 0.575. The van der Waals surface area contributed by atoms with Crippen LogP contribution in [-0.4, -0.2) is 37.8 Å². The standard InChI is InChI=1S/C15H20O4/c1-15(16-2)8-12(13-10-18-14(15)19-13)17-9-11-6-4-3-5-7-11/h3-7,12-14H,8-10H2,1-2H3/t12-,13+,14+,15+/m0/s1. The molecule has 2 bridgehead atoms. The lowest BCUT2D eigenvalue weighted by Gasteiger charge is -2.40. The molecule has 0 radical (unpaired) electrons. The Morgan fingerprint density at radius 1 is 1.32 bits per heavy atom. The van der Waals surface area contributed by atoms with Crippen LogP contribution >= 0.6 is 0 Å². The van der Waals surface area contributed by atoms with Crippen LogP contribution < -0.4 is 0 Å². The van der Waals surface area contributed by atoms with Gasteiger partial charge in [-0.1, -0.05) is 30.3 Å². The third-order valence-corrected chi connectivity index (χ3v) is 4.00. The highest BCUT2D eigenvalue weighted by atomic mass is 16.8. The minimum absolute atomic E-state index is 0.0175. The summed E-state index contributed by atoms with van der Waals surface area (Å²) in [4.78, 5) is 0. The van der Waals surface area contributed by atoms with Gasteiger partial charge in [0.15, 0.2) is 6.29 Å². The molecule has 0 spiro atoms. The maximum Gasteiger partial charge on any atom is 0.187 e. The Hall–Kier alpha value is -0.940. The summed E-state index contributed by atoms with van der Waals surface area (Å²) in [6, 6.07) is 10.2. The molecule has 4 nitrogen and oxygen atoms in total. The summed E-state index contributed by atoms with van der Waals surface area (Å²) in [5, 5.41) is 0. The highest BCUT2D eigenvalue weighted by Gasteiger charge is 2.51. The van der Waals surface area contributed by atoms with Crippen molar-refractivity contribution in [3.8, 4) is 0 Å². The lowest BCUT2D eigenvalue weighted by molar-refractivity contribution is -0.245. The molecule has 19 heavy (non-hydrogen) atoms. The Balaban J connectivity index is 1.64. The normalized spacial score (nSPS) is 37.5. The summed E-state index contributed by atoms with van der Waals surface area (Å²) < 4.78 is 23.0. The van der Waals surface area contributed by atoms with Crippen LogP contribution in [0.3, 0.4) is 0 Å². The van der Waals surface area contributed by atoms with E-state index in [9.17, 15) is 0 Å². The summed E-state index contributed by atoms with van der Waals surface area (Å²) in [7, 11) is 1.69. The maximum absolute atomic E-state index is 6.01. The van der Waals surface area contributed by atoms with Crippen molar-refractivity contribution in [2.24, 2.45) is 0 Å². The molecule has 104 valence electrons. The van der Waals surface area contributed by atoms with E-state index in [1.54, 1.807) is 7.11 Å². The van der Waals surface area contributed by atoms with Gasteiger partial charge in [-0.2, -0.15) is 0 Å². The first kappa shape index (κ1) is 13.1. The zero-order chi connectivity index (χ0) is 13.3. The molecule has 2 aliphatic heterocycles. The number of ether oxygens (including phenoxy) is 4. The van der Waals surface area contributed by atoms with Gasteiger partial charge in [0.1, 0.15) is 11.7 Å². The number of fused-ring (bicyclic) bond motifs is 2. The van der Waals surface area contributed by atoms with Crippen molar-refractivity contribution in [1.82, 2.24) is 0 Å². The zero-order valence-electron chi connectivity index (χ0n) is 11.4. The van der Waals surface area contributed by atoms with E-state index in [4.69, 9.17) is 18.9 Å². The first-order valence-corrected chi connectivity index (χ1v) is 6.69. The molecule has 0 saturated carbocycles. The lowest BCUT2D eigenvalue weighted by Crippen LogP contribution is -2.51. The van der Waals surface area contributed by atoms with Crippen LogP contribution in [0.1, 0.15) is 18.9 Å². The molecule has 0 unspecified atom stereocenters. The number of hydrogen-bond donors (Lipinski definition) is 0. The van der Waals surface area contributed by atoms with Gasteiger partial charge >= 0.3 is 0 Å². The maximum atomic E-state index is 6.01. The van der Waals surface area contributed by atoms with Crippen molar-refractivity contribution in [2.75, 3.05) is 13.7 Å². The van der Waals surface area contributed by atoms with Gasteiger partial charge in [-0.3, -0.25) is 0 Å². The third kappa shape index (κ3) is 2.54. The van der Waals surface area contributed by atoms with Gasteiger partial charge in [0.05, 0.1) is 19.3 Å². The van der Waals surface area contributed by atoms with Crippen LogP contribution in [-0.2, 0) is 25.6 Å². The van der Waals surface area contributed by atoms with Crippen LogP contribution in [0, 0.1) is 0 Å². The Bertz CT molecular complexity index is 421. The summed E-state index contributed by atoms with van der Waals surface area (Å²) in [5.41, 5.74) is 0.747. The average Bonchev–Trinajstić information content (AvgIpc) is 2.90. The van der Waals surface area contributed by atoms with Crippen molar-refractivity contribution < 1.29 is 18.9 Å². The lowest BCUT2D eigenvalue weighted by atomic mass is 9.93. The predicted octanol–water partition coefficient (Wildman–Crippen LogP) is 2.12. The summed E-state index contributed by atoms with van der Waals surface area (Å²) >= 11 is 0. The van der Waals surface area contributed by atoms with Crippen LogP contribution in [0.2, 0.25) is 0 Å². The molecule has 0 aromatic heterocycles. The highest BCUT2D eigenvalue weighted by Crippen LogP contribution is 2.38. The topological polar surface area (TPSA) is 36.9 Å². The van der Waals surface area contributed by atoms with Gasteiger partial charge in [0.25, 0.3) is 0 Å². The van der Waals surface area contributed by atoms with Gasteiger partial charge in [0.2, 0.25) is 0 Å². The first-order valence-electron chi connectivity index (χ1n) is 6.69. The Kier molecular flexibility index (Phi) is 3.58. The molecule has 1 aromatic rings. The average molecular weight is 264 g/mol. The number of hydrogen-bond acceptors (Lipinski definition) is 4. The fourth-order valence-electron chi connectivity index (χ4n) is 2.69. The molecule has 0 amide bonds. The van der Waals surface area contributed by atoms with E-state index in [-0.39, 0.29) is 18.5 Å². The highest BCUT2D eigenvalue weighted by molar-refractivity contribution is 5.13. The summed E-state index contributed by atoms with van der Waals surface area (Å²) in [5.74, 6) is 0. The van der Waals surface area contributed by atoms with E-state index >= 15 is 0 Å². The molecule has 0 aliphatic carbocycles. The van der Waals surface area contributed by atoms with Crippen molar-refractivity contribution in [3.63, 3.8) is 0 Å². The molecule has 0 N–H and O–H groups in total. The monoisotopic (exact) mass is 264 g/mol. The second kappa shape index (κ2) is 5.21. The van der Waals surface area contributed by atoms with Gasteiger partial charge in [-0.25, -0.2) is 0 Å². The minimum Gasteiger partial charge on any atom is -0.373 e. The second-order valence-corrected chi connectivity index (χ2v) is 5.40. The van der Waals surface area contributed by atoms with Crippen LogP contribution in [0.15, 0.2) is 30.3 Å². The van der Waals surface area contributed by atoms with Crippen molar-refractivity contribution >= 4 is 0 Å². The molecular weight excluding hydrogens is 244 g/mol. The van der Waals surface area contributed by atoms with E-state index in [2.05, 4.69) is 12.1 Å². The van der Waals surface area contributed by atoms with Crippen LogP contribution in [0.25, 0.3) is 0 Å². The second-order valence-electron chi connectivity index (χ2n) is 5.40. The van der Waals surface area contributed by atoms with E-state index in [0.717, 1.165) is 6.42 Å². The van der Waals surface area contributed by atoms with Gasteiger partial charge in [0, 0.05) is 13.5 Å². The number of methoxy groups -OCH3 is 1. The van der Waals surface area contributed by atoms with Crippen molar-refractivity contribution in [1.29, 1.82) is 0 Å². The largest absolute Gasteiger partial charge is 0.373 e. The molecule has 2 aliphatic rings.